The van der Waals surface area contributed by atoms with Crippen LogP contribution in [0.5, 0.6) is 0 Å². The maximum absolute atomic E-state index is 11.5. The van der Waals surface area contributed by atoms with Gasteiger partial charge in [-0.1, -0.05) is 107 Å². The minimum Gasteiger partial charge on any atom is -0.768 e. The van der Waals surface area contributed by atoms with Gasteiger partial charge in [0.2, 0.25) is 0 Å². The monoisotopic (exact) mass is 596 g/mol. The fraction of sp³-hybridized carbons (Fsp3) is 0.600. The molecule has 0 aliphatic rings. The summed E-state index contributed by atoms with van der Waals surface area (Å²) in [6.07, 6.45) is 0. The van der Waals surface area contributed by atoms with Crippen molar-refractivity contribution in [2.45, 2.75) is 128 Å². The van der Waals surface area contributed by atoms with Gasteiger partial charge >= 0.3 is 80.9 Å². The minimum atomic E-state index is -2.16. The van der Waals surface area contributed by atoms with Crippen molar-refractivity contribution in [1.82, 2.24) is 0 Å². The molecule has 0 saturated carbocycles. The Labute approximate surface area is 302 Å². The van der Waals surface area contributed by atoms with Crippen LogP contribution in [0.3, 0.4) is 0 Å². The van der Waals surface area contributed by atoms with Gasteiger partial charge in [-0.15, -0.1) is 0 Å². The Hall–Kier alpha value is 1.30. The van der Waals surface area contributed by atoms with Crippen LogP contribution in [0.1, 0.15) is 152 Å². The van der Waals surface area contributed by atoms with Crippen LogP contribution in [0, 0.1) is 0 Å². The second-order valence-electron chi connectivity index (χ2n) is 11.5. The van der Waals surface area contributed by atoms with Crippen LogP contribution in [-0.2, 0) is 22.2 Å². The third-order valence-corrected chi connectivity index (χ3v) is 8.10. The Morgan fingerprint density at radius 3 is 0.763 bits per heavy atom. The molecule has 0 amide bonds. The fourth-order valence-corrected chi connectivity index (χ4v) is 6.11. The summed E-state index contributed by atoms with van der Waals surface area (Å²) in [6.45, 7) is 24.9. The molecule has 0 radical (unpaired) electrons. The summed E-state index contributed by atoms with van der Waals surface area (Å²) in [5, 5.41) is 0. The Morgan fingerprint density at radius 2 is 0.658 bits per heavy atom. The van der Waals surface area contributed by atoms with E-state index in [2.05, 4.69) is 27.7 Å². The molecule has 0 N–H and O–H groups in total. The van der Waals surface area contributed by atoms with E-state index in [1.807, 2.05) is 79.7 Å². The van der Waals surface area contributed by atoms with E-state index in [0.717, 1.165) is 22.3 Å². The molecule has 0 heterocycles. The van der Waals surface area contributed by atoms with Gasteiger partial charge in [0.1, 0.15) is 0 Å². The first kappa shape index (κ1) is 41.4. The third-order valence-electron chi connectivity index (χ3n) is 6.49. The molecule has 2 aromatic rings. The Balaban J connectivity index is 0. The molecule has 0 saturated heterocycles. The normalized spacial score (nSPS) is 12.9. The minimum absolute atomic E-state index is 0. The fourth-order valence-electron chi connectivity index (χ4n) is 4.16. The Bertz CT molecular complexity index is 936. The van der Waals surface area contributed by atoms with Crippen molar-refractivity contribution in [1.29, 1.82) is 0 Å². The van der Waals surface area contributed by atoms with Gasteiger partial charge in [0.25, 0.3) is 0 Å². The van der Waals surface area contributed by atoms with Crippen molar-refractivity contribution in [2.75, 3.05) is 0 Å². The van der Waals surface area contributed by atoms with Gasteiger partial charge in [0, 0.05) is 9.79 Å². The van der Waals surface area contributed by atoms with Gasteiger partial charge < -0.3 is 9.11 Å². The van der Waals surface area contributed by atoms with E-state index in [0.29, 0.717) is 21.6 Å². The smallest absolute Gasteiger partial charge is 0.768 e. The van der Waals surface area contributed by atoms with Gasteiger partial charge in [-0.2, -0.15) is 0 Å². The van der Waals surface area contributed by atoms with E-state index in [9.17, 15) is 17.5 Å². The van der Waals surface area contributed by atoms with Crippen LogP contribution in [0.25, 0.3) is 0 Å². The molecule has 0 aliphatic carbocycles. The molecule has 0 aliphatic heterocycles. The van der Waals surface area contributed by atoms with Crippen LogP contribution < -0.4 is 80.9 Å². The molecule has 8 heteroatoms. The average Bonchev–Trinajstić information content (AvgIpc) is 2.76. The Kier molecular flexibility index (Phi) is 20.4. The summed E-state index contributed by atoms with van der Waals surface area (Å²) in [5.41, 5.74) is 6.21. The molecule has 2 aromatic carbocycles. The predicted molar refractivity (Wildman–Crippen MR) is 152 cm³/mol. The molecule has 2 unspecified atom stereocenters. The molecule has 0 fully saturated rings. The molecular weight excluding hydrogens is 551 g/mol. The molecule has 204 valence electrons. The van der Waals surface area contributed by atoms with E-state index in [1.54, 1.807) is 0 Å². The number of hydrogen-bond donors (Lipinski definition) is 0. The molecule has 0 spiro atoms. The van der Waals surface area contributed by atoms with Crippen LogP contribution in [-0.4, -0.2) is 17.5 Å². The quantitative estimate of drug-likeness (QED) is 0.347. The third kappa shape index (κ3) is 11.5. The van der Waals surface area contributed by atoms with Crippen LogP contribution >= 0.6 is 0 Å². The van der Waals surface area contributed by atoms with E-state index < -0.39 is 22.2 Å². The SMILES string of the molecule is CC(C)c1cc(C(C)C)c(S(=O)[O-])c(C(C)C)c1.CC(C)c1cc(C(C)C)c(S(=O)[O-])c(C(C)C)c1.[K+].[Na+]. The van der Waals surface area contributed by atoms with Crippen molar-refractivity contribution < 1.29 is 98.5 Å². The van der Waals surface area contributed by atoms with E-state index >= 15 is 0 Å². The first-order chi connectivity index (χ1) is 16.5. The molecule has 2 rings (SSSR count). The predicted octanol–water partition coefficient (Wildman–Crippen LogP) is 2.60. The Morgan fingerprint density at radius 1 is 0.474 bits per heavy atom. The second-order valence-corrected chi connectivity index (χ2v) is 13.2. The average molecular weight is 597 g/mol. The van der Waals surface area contributed by atoms with Crippen molar-refractivity contribution in [3.05, 3.63) is 57.6 Å². The maximum Gasteiger partial charge on any atom is 1.00 e. The van der Waals surface area contributed by atoms with Gasteiger partial charge in [0.05, 0.1) is 0 Å². The molecular formula is C30H46KNaO4S2. The van der Waals surface area contributed by atoms with Crippen molar-refractivity contribution in [3.63, 3.8) is 0 Å². The first-order valence-electron chi connectivity index (χ1n) is 13.0. The summed E-state index contributed by atoms with van der Waals surface area (Å²) in [5.74, 6) is 1.69. The topological polar surface area (TPSA) is 80.3 Å². The van der Waals surface area contributed by atoms with Crippen LogP contribution in [0.15, 0.2) is 34.1 Å². The second kappa shape index (κ2) is 18.8. The molecule has 4 nitrogen and oxygen atoms in total. The van der Waals surface area contributed by atoms with Crippen molar-refractivity contribution in [2.24, 2.45) is 0 Å². The number of benzene rings is 2. The molecule has 0 bridgehead atoms. The van der Waals surface area contributed by atoms with Crippen molar-refractivity contribution in [3.8, 4) is 0 Å². The summed E-state index contributed by atoms with van der Waals surface area (Å²) < 4.78 is 46.1. The molecule has 0 aromatic heterocycles. The summed E-state index contributed by atoms with van der Waals surface area (Å²) in [6, 6.07) is 8.19. The van der Waals surface area contributed by atoms with Gasteiger partial charge in [-0.05, 0) is 91.0 Å². The molecule has 38 heavy (non-hydrogen) atoms. The van der Waals surface area contributed by atoms with Gasteiger partial charge in [-0.3, -0.25) is 8.42 Å². The van der Waals surface area contributed by atoms with E-state index in [1.165, 1.54) is 11.1 Å². The summed E-state index contributed by atoms with van der Waals surface area (Å²) in [7, 11) is 0. The van der Waals surface area contributed by atoms with Crippen molar-refractivity contribution >= 4 is 22.2 Å². The molecule has 2 atom stereocenters. The van der Waals surface area contributed by atoms with E-state index in [-0.39, 0.29) is 105 Å². The zero-order chi connectivity index (χ0) is 28.1. The zero-order valence-corrected chi connectivity index (χ0v) is 33.0. The van der Waals surface area contributed by atoms with Gasteiger partial charge in [-0.25, -0.2) is 0 Å². The summed E-state index contributed by atoms with van der Waals surface area (Å²) >= 11 is -4.33. The van der Waals surface area contributed by atoms with Crippen LogP contribution in [0.4, 0.5) is 0 Å². The number of rotatable bonds is 8. The maximum atomic E-state index is 11.5. The summed E-state index contributed by atoms with van der Waals surface area (Å²) in [4.78, 5) is 1.01. The van der Waals surface area contributed by atoms with E-state index in [4.69, 9.17) is 0 Å². The zero-order valence-electron chi connectivity index (χ0n) is 26.2. The van der Waals surface area contributed by atoms with Crippen LogP contribution in [0.2, 0.25) is 0 Å². The number of hydrogen-bond acceptors (Lipinski definition) is 4. The van der Waals surface area contributed by atoms with Gasteiger partial charge in [0.15, 0.2) is 0 Å². The standard InChI is InChI=1S/2C15H24O2S.K.Na/c2*1-9(2)12-7-13(10(3)4)15(18(16)17)14(8-12)11(5)6;;/h2*7-11H,1-6H3,(H,16,17);;/q;;2*+1/p-2. The largest absolute Gasteiger partial charge is 1.00 e. The first-order valence-corrected chi connectivity index (χ1v) is 15.2.